The van der Waals surface area contributed by atoms with Crippen LogP contribution in [0.2, 0.25) is 0 Å². The molecule has 0 saturated heterocycles. The smallest absolute Gasteiger partial charge is 0.0435 e. The third kappa shape index (κ3) is 3.18. The molecule has 8 N–H and O–H groups in total. The minimum absolute atomic E-state index is 0.463. The fourth-order valence-electron chi connectivity index (χ4n) is 3.41. The van der Waals surface area contributed by atoms with Crippen molar-refractivity contribution in [3.05, 3.63) is 60.2 Å². The lowest BCUT2D eigenvalue weighted by Crippen LogP contribution is -2.07. The van der Waals surface area contributed by atoms with E-state index >= 15 is 0 Å². The predicted molar refractivity (Wildman–Crippen MR) is 114 cm³/mol. The highest BCUT2D eigenvalue weighted by Crippen LogP contribution is 2.46. The van der Waals surface area contributed by atoms with Crippen molar-refractivity contribution in [2.75, 3.05) is 22.9 Å². The Morgan fingerprint density at radius 2 is 1.19 bits per heavy atom. The SMILES string of the molecule is CC(C)Cc1cc(N)c(-c2ccccc2N)c(-c2ccccc2N)c1N. The van der Waals surface area contributed by atoms with Gasteiger partial charge in [0.2, 0.25) is 0 Å². The topological polar surface area (TPSA) is 104 Å². The zero-order valence-electron chi connectivity index (χ0n) is 15.3. The number of rotatable bonds is 4. The molecule has 0 aliphatic heterocycles. The highest BCUT2D eigenvalue weighted by Gasteiger charge is 2.21. The summed E-state index contributed by atoms with van der Waals surface area (Å²) in [5.74, 6) is 0.463. The van der Waals surface area contributed by atoms with Gasteiger partial charge in [-0.3, -0.25) is 0 Å². The molecule has 0 aliphatic carbocycles. The molecule has 4 nitrogen and oxygen atoms in total. The monoisotopic (exact) mass is 346 g/mol. The number of nitrogens with two attached hydrogens (primary N) is 4. The van der Waals surface area contributed by atoms with E-state index in [0.717, 1.165) is 34.2 Å². The molecule has 0 fully saturated rings. The summed E-state index contributed by atoms with van der Waals surface area (Å²) in [5, 5.41) is 0. The Bertz CT molecular complexity index is 945. The van der Waals surface area contributed by atoms with Crippen LogP contribution in [-0.4, -0.2) is 0 Å². The number of hydrogen-bond donors (Lipinski definition) is 4. The van der Waals surface area contributed by atoms with Gasteiger partial charge in [-0.1, -0.05) is 50.2 Å². The number of para-hydroxylation sites is 2. The van der Waals surface area contributed by atoms with Crippen LogP contribution in [0.1, 0.15) is 19.4 Å². The summed E-state index contributed by atoms with van der Waals surface area (Å²) in [6.45, 7) is 4.32. The van der Waals surface area contributed by atoms with Crippen LogP contribution in [0, 0.1) is 5.92 Å². The van der Waals surface area contributed by atoms with E-state index in [9.17, 15) is 0 Å². The van der Waals surface area contributed by atoms with Crippen LogP contribution in [0.25, 0.3) is 22.3 Å². The molecular formula is C22H26N4. The molecule has 3 rings (SSSR count). The summed E-state index contributed by atoms with van der Waals surface area (Å²) in [6.07, 6.45) is 0.848. The van der Waals surface area contributed by atoms with Crippen LogP contribution in [0.4, 0.5) is 22.7 Å². The second-order valence-corrected chi connectivity index (χ2v) is 7.06. The van der Waals surface area contributed by atoms with Crippen molar-refractivity contribution in [1.82, 2.24) is 0 Å². The van der Waals surface area contributed by atoms with Gasteiger partial charge in [0.05, 0.1) is 0 Å². The van der Waals surface area contributed by atoms with Crippen LogP contribution in [0.3, 0.4) is 0 Å². The van der Waals surface area contributed by atoms with Gasteiger partial charge in [0.25, 0.3) is 0 Å². The van der Waals surface area contributed by atoms with Gasteiger partial charge in [-0.2, -0.15) is 0 Å². The molecule has 0 aliphatic rings. The quantitative estimate of drug-likeness (QED) is 0.520. The Labute approximate surface area is 154 Å². The van der Waals surface area contributed by atoms with Crippen LogP contribution >= 0.6 is 0 Å². The van der Waals surface area contributed by atoms with E-state index in [1.165, 1.54) is 0 Å². The molecule has 0 amide bonds. The second kappa shape index (κ2) is 7.00. The van der Waals surface area contributed by atoms with Crippen molar-refractivity contribution < 1.29 is 0 Å². The van der Waals surface area contributed by atoms with Crippen LogP contribution in [0.5, 0.6) is 0 Å². The van der Waals surface area contributed by atoms with Crippen molar-refractivity contribution in [1.29, 1.82) is 0 Å². The maximum atomic E-state index is 6.64. The molecule has 0 aromatic heterocycles. The summed E-state index contributed by atoms with van der Waals surface area (Å²) in [5.41, 5.74) is 32.8. The first-order valence-electron chi connectivity index (χ1n) is 8.80. The second-order valence-electron chi connectivity index (χ2n) is 7.06. The summed E-state index contributed by atoms with van der Waals surface area (Å²) < 4.78 is 0. The van der Waals surface area contributed by atoms with Gasteiger partial charge in [-0.25, -0.2) is 0 Å². The van der Waals surface area contributed by atoms with Gasteiger partial charge in [-0.15, -0.1) is 0 Å². The molecule has 134 valence electrons. The third-order valence-corrected chi connectivity index (χ3v) is 4.57. The molecule has 0 heterocycles. The Balaban J connectivity index is 2.39. The van der Waals surface area contributed by atoms with Gasteiger partial charge in [0.1, 0.15) is 0 Å². The largest absolute Gasteiger partial charge is 0.398 e. The lowest BCUT2D eigenvalue weighted by Gasteiger charge is -2.22. The molecule has 3 aromatic rings. The van der Waals surface area contributed by atoms with Crippen molar-refractivity contribution in [3.63, 3.8) is 0 Å². The number of benzene rings is 3. The number of hydrogen-bond acceptors (Lipinski definition) is 4. The van der Waals surface area contributed by atoms with E-state index in [2.05, 4.69) is 13.8 Å². The molecule has 0 bridgehead atoms. The summed E-state index contributed by atoms with van der Waals surface area (Å²) in [4.78, 5) is 0. The summed E-state index contributed by atoms with van der Waals surface area (Å²) in [6, 6.07) is 17.4. The minimum Gasteiger partial charge on any atom is -0.398 e. The highest BCUT2D eigenvalue weighted by atomic mass is 14.6. The maximum absolute atomic E-state index is 6.64. The van der Waals surface area contributed by atoms with Gasteiger partial charge >= 0.3 is 0 Å². The van der Waals surface area contributed by atoms with Gasteiger partial charge in [-0.05, 0) is 36.1 Å². The lowest BCUT2D eigenvalue weighted by molar-refractivity contribution is 0.649. The molecule has 0 saturated carbocycles. The molecule has 0 atom stereocenters. The number of anilines is 4. The molecule has 4 heteroatoms. The van der Waals surface area contributed by atoms with Gasteiger partial charge in [0.15, 0.2) is 0 Å². The van der Waals surface area contributed by atoms with E-state index in [4.69, 9.17) is 22.9 Å². The van der Waals surface area contributed by atoms with E-state index in [1.807, 2.05) is 54.6 Å². The maximum Gasteiger partial charge on any atom is 0.0435 e. The molecule has 0 radical (unpaired) electrons. The summed E-state index contributed by atoms with van der Waals surface area (Å²) in [7, 11) is 0. The molecule has 26 heavy (non-hydrogen) atoms. The third-order valence-electron chi connectivity index (χ3n) is 4.57. The van der Waals surface area contributed by atoms with Gasteiger partial charge in [0, 0.05) is 45.0 Å². The van der Waals surface area contributed by atoms with E-state index in [0.29, 0.717) is 28.7 Å². The predicted octanol–water partition coefficient (Wildman–Crippen LogP) is 4.55. The fraction of sp³-hybridized carbons (Fsp3) is 0.182. The average Bonchev–Trinajstić information content (AvgIpc) is 2.59. The Morgan fingerprint density at radius 1 is 0.692 bits per heavy atom. The molecular weight excluding hydrogens is 320 g/mol. The van der Waals surface area contributed by atoms with E-state index < -0.39 is 0 Å². The van der Waals surface area contributed by atoms with Crippen molar-refractivity contribution in [2.24, 2.45) is 5.92 Å². The standard InChI is InChI=1S/C22H26N4/c1-13(2)11-14-12-19(25)20(15-7-3-5-9-17(15)23)21(22(14)26)16-8-4-6-10-18(16)24/h3-10,12-13H,11,23-26H2,1-2H3. The van der Waals surface area contributed by atoms with Gasteiger partial charge < -0.3 is 22.9 Å². The minimum atomic E-state index is 0.463. The van der Waals surface area contributed by atoms with Crippen LogP contribution in [-0.2, 0) is 6.42 Å². The van der Waals surface area contributed by atoms with E-state index in [-0.39, 0.29) is 0 Å². The zero-order chi connectivity index (χ0) is 18.8. The zero-order valence-corrected chi connectivity index (χ0v) is 15.3. The molecule has 0 spiro atoms. The van der Waals surface area contributed by atoms with Crippen LogP contribution in [0.15, 0.2) is 54.6 Å². The van der Waals surface area contributed by atoms with Crippen molar-refractivity contribution in [3.8, 4) is 22.3 Å². The Morgan fingerprint density at radius 3 is 1.69 bits per heavy atom. The first kappa shape index (κ1) is 17.7. The first-order valence-corrected chi connectivity index (χ1v) is 8.80. The Hall–Kier alpha value is -3.14. The number of nitrogen functional groups attached to an aromatic ring is 4. The van der Waals surface area contributed by atoms with Crippen molar-refractivity contribution >= 4 is 22.7 Å². The lowest BCUT2D eigenvalue weighted by atomic mass is 9.86. The fourth-order valence-corrected chi connectivity index (χ4v) is 3.41. The summed E-state index contributed by atoms with van der Waals surface area (Å²) >= 11 is 0. The van der Waals surface area contributed by atoms with E-state index in [1.54, 1.807) is 0 Å². The average molecular weight is 346 g/mol. The highest BCUT2D eigenvalue weighted by molar-refractivity contribution is 6.03. The molecule has 0 unspecified atom stereocenters. The Kier molecular flexibility index (Phi) is 4.76. The van der Waals surface area contributed by atoms with Crippen LogP contribution < -0.4 is 22.9 Å². The first-order chi connectivity index (χ1) is 12.4. The van der Waals surface area contributed by atoms with Crippen molar-refractivity contribution in [2.45, 2.75) is 20.3 Å². The molecule has 3 aromatic carbocycles. The normalized spacial score (nSPS) is 11.0.